The molecule has 0 spiro atoms. The van der Waals surface area contributed by atoms with E-state index in [4.69, 9.17) is 9.47 Å². The number of methoxy groups -OCH3 is 1. The first-order valence-corrected chi connectivity index (χ1v) is 10.8. The average molecular weight is 464 g/mol. The molecule has 0 radical (unpaired) electrons. The van der Waals surface area contributed by atoms with Gasteiger partial charge < -0.3 is 24.6 Å². The van der Waals surface area contributed by atoms with Crippen molar-refractivity contribution in [3.05, 3.63) is 58.4 Å². The molecule has 1 N–H and O–H groups in total. The number of halogens is 3. The van der Waals surface area contributed by atoms with Crippen molar-refractivity contribution in [3.8, 4) is 5.75 Å². The summed E-state index contributed by atoms with van der Waals surface area (Å²) in [4.78, 5) is 16.9. The number of nitrogens with zero attached hydrogens (tertiary/aromatic N) is 2. The van der Waals surface area contributed by atoms with Gasteiger partial charge in [0, 0.05) is 41.9 Å². The van der Waals surface area contributed by atoms with Crippen LogP contribution < -0.4 is 15.0 Å². The number of rotatable bonds is 6. The van der Waals surface area contributed by atoms with Gasteiger partial charge >= 0.3 is 0 Å². The number of likely N-dealkylation sites (N-methyl/N-ethyl adjacent to an activating group) is 1. The van der Waals surface area contributed by atoms with E-state index in [2.05, 4.69) is 10.2 Å². The molecular weight excluding hydrogens is 435 g/mol. The number of nitrogens with one attached hydrogen (secondary N) is 1. The molecule has 178 valence electrons. The molecule has 0 aromatic heterocycles. The normalized spacial score (nSPS) is 18.5. The van der Waals surface area contributed by atoms with Crippen LogP contribution in [0.3, 0.4) is 0 Å². The number of alkyl halides is 2. The van der Waals surface area contributed by atoms with Gasteiger partial charge in [-0.15, -0.1) is 0 Å². The van der Waals surface area contributed by atoms with Crippen molar-refractivity contribution >= 4 is 11.6 Å². The summed E-state index contributed by atoms with van der Waals surface area (Å²) in [6, 6.07) is 6.87. The Morgan fingerprint density at radius 1 is 1.27 bits per heavy atom. The molecule has 2 aromatic rings. The SMILES string of the molecule is COc1cc(N2CC(N(C)C)C2)c(F)cc1[C@H](C)NC(=O)c1ccc2c(c1)COCC2(F)F. The van der Waals surface area contributed by atoms with Gasteiger partial charge in [-0.3, -0.25) is 4.79 Å². The van der Waals surface area contributed by atoms with Crippen LogP contribution in [0.15, 0.2) is 30.3 Å². The predicted octanol–water partition coefficient (Wildman–Crippen LogP) is 3.70. The monoisotopic (exact) mass is 463 g/mol. The van der Waals surface area contributed by atoms with Gasteiger partial charge in [0.05, 0.1) is 25.4 Å². The molecule has 1 fully saturated rings. The molecule has 33 heavy (non-hydrogen) atoms. The van der Waals surface area contributed by atoms with E-state index < -0.39 is 30.3 Å². The van der Waals surface area contributed by atoms with Gasteiger partial charge in [-0.05, 0) is 44.8 Å². The highest BCUT2D eigenvalue weighted by Crippen LogP contribution is 2.37. The second-order valence-electron chi connectivity index (χ2n) is 8.83. The molecule has 6 nitrogen and oxygen atoms in total. The highest BCUT2D eigenvalue weighted by atomic mass is 19.3. The van der Waals surface area contributed by atoms with Crippen LogP contribution >= 0.6 is 0 Å². The lowest BCUT2D eigenvalue weighted by atomic mass is 9.97. The van der Waals surface area contributed by atoms with E-state index in [0.717, 1.165) is 13.1 Å². The van der Waals surface area contributed by atoms with Gasteiger partial charge in [0.25, 0.3) is 11.8 Å². The van der Waals surface area contributed by atoms with Crippen molar-refractivity contribution in [2.24, 2.45) is 0 Å². The number of fused-ring (bicyclic) bond motifs is 1. The van der Waals surface area contributed by atoms with Crippen molar-refractivity contribution in [1.29, 1.82) is 0 Å². The molecule has 1 saturated heterocycles. The number of carbonyl (C=O) groups is 1. The number of hydrogen-bond donors (Lipinski definition) is 1. The summed E-state index contributed by atoms with van der Waals surface area (Å²) >= 11 is 0. The highest BCUT2D eigenvalue weighted by Gasteiger charge is 2.38. The Morgan fingerprint density at radius 2 is 2.00 bits per heavy atom. The number of anilines is 1. The minimum Gasteiger partial charge on any atom is -0.496 e. The van der Waals surface area contributed by atoms with Crippen molar-refractivity contribution in [1.82, 2.24) is 10.2 Å². The van der Waals surface area contributed by atoms with Gasteiger partial charge in [-0.1, -0.05) is 6.07 Å². The largest absolute Gasteiger partial charge is 0.496 e. The molecule has 0 aliphatic carbocycles. The van der Waals surface area contributed by atoms with E-state index in [0.29, 0.717) is 23.0 Å². The molecule has 2 aromatic carbocycles. The summed E-state index contributed by atoms with van der Waals surface area (Å²) in [5.41, 5.74) is 1.34. The molecule has 2 aliphatic heterocycles. The smallest absolute Gasteiger partial charge is 0.296 e. The second kappa shape index (κ2) is 8.87. The molecule has 1 amide bonds. The van der Waals surface area contributed by atoms with Crippen LogP contribution in [0.4, 0.5) is 18.9 Å². The zero-order chi connectivity index (χ0) is 23.9. The maximum atomic E-state index is 14.9. The van der Waals surface area contributed by atoms with Crippen LogP contribution in [0.5, 0.6) is 5.75 Å². The maximum absolute atomic E-state index is 14.9. The van der Waals surface area contributed by atoms with Gasteiger partial charge in [0.2, 0.25) is 0 Å². The first-order valence-electron chi connectivity index (χ1n) is 10.8. The van der Waals surface area contributed by atoms with Crippen molar-refractivity contribution in [2.45, 2.75) is 31.5 Å². The predicted molar refractivity (Wildman–Crippen MR) is 119 cm³/mol. The van der Waals surface area contributed by atoms with E-state index in [-0.39, 0.29) is 23.3 Å². The third-order valence-electron chi connectivity index (χ3n) is 6.35. The molecule has 0 unspecified atom stereocenters. The highest BCUT2D eigenvalue weighted by molar-refractivity contribution is 5.94. The summed E-state index contributed by atoms with van der Waals surface area (Å²) in [6.45, 7) is 2.51. The molecule has 4 rings (SSSR count). The third kappa shape index (κ3) is 4.52. The molecule has 2 heterocycles. The minimum absolute atomic E-state index is 0.0211. The average Bonchev–Trinajstić information content (AvgIpc) is 2.72. The molecule has 1 atom stereocenters. The fourth-order valence-corrected chi connectivity index (χ4v) is 4.23. The first kappa shape index (κ1) is 23.4. The third-order valence-corrected chi connectivity index (χ3v) is 6.35. The Morgan fingerprint density at radius 3 is 2.67 bits per heavy atom. The van der Waals surface area contributed by atoms with E-state index >= 15 is 0 Å². The Balaban J connectivity index is 1.51. The van der Waals surface area contributed by atoms with E-state index in [1.54, 1.807) is 13.0 Å². The number of hydrogen-bond acceptors (Lipinski definition) is 5. The van der Waals surface area contributed by atoms with Crippen LogP contribution in [-0.2, 0) is 17.3 Å². The number of amides is 1. The number of ether oxygens (including phenoxy) is 2. The van der Waals surface area contributed by atoms with E-state index in [9.17, 15) is 18.0 Å². The van der Waals surface area contributed by atoms with Crippen molar-refractivity contribution < 1.29 is 27.4 Å². The fraction of sp³-hybridized carbons (Fsp3) is 0.458. The standard InChI is InChI=1S/C24H28F3N3O3/c1-14(28-23(31)15-5-6-19-16(7-15)12-33-13-24(19,26)27)18-8-20(25)21(9-22(18)32-4)30-10-17(11-30)29(2)3/h5-9,14,17H,10-13H2,1-4H3,(H,28,31)/t14-/m0/s1. The summed E-state index contributed by atoms with van der Waals surface area (Å²) in [5, 5.41) is 2.81. The summed E-state index contributed by atoms with van der Waals surface area (Å²) in [6.07, 6.45) is 0. The van der Waals surface area contributed by atoms with E-state index in [1.165, 1.54) is 31.4 Å². The maximum Gasteiger partial charge on any atom is 0.296 e. The first-order chi connectivity index (χ1) is 15.6. The summed E-state index contributed by atoms with van der Waals surface area (Å²) in [7, 11) is 5.48. The molecule has 0 bridgehead atoms. The lowest BCUT2D eigenvalue weighted by molar-refractivity contribution is -0.103. The Kier molecular flexibility index (Phi) is 6.28. The van der Waals surface area contributed by atoms with Crippen LogP contribution in [0.25, 0.3) is 0 Å². The van der Waals surface area contributed by atoms with Crippen molar-refractivity contribution in [3.63, 3.8) is 0 Å². The Bertz CT molecular complexity index is 1050. The molecular formula is C24H28F3N3O3. The van der Waals surface area contributed by atoms with Gasteiger partial charge in [0.15, 0.2) is 0 Å². The van der Waals surface area contributed by atoms with Gasteiger partial charge in [-0.25, -0.2) is 4.39 Å². The second-order valence-corrected chi connectivity index (χ2v) is 8.83. The van der Waals surface area contributed by atoms with Crippen molar-refractivity contribution in [2.75, 3.05) is 45.8 Å². The molecule has 2 aliphatic rings. The minimum atomic E-state index is -3.08. The topological polar surface area (TPSA) is 54.0 Å². The lowest BCUT2D eigenvalue weighted by Gasteiger charge is -2.44. The van der Waals surface area contributed by atoms with Gasteiger partial charge in [0.1, 0.15) is 18.2 Å². The zero-order valence-corrected chi connectivity index (χ0v) is 19.1. The van der Waals surface area contributed by atoms with E-state index in [1.807, 2.05) is 19.0 Å². The van der Waals surface area contributed by atoms with Crippen LogP contribution in [0.2, 0.25) is 0 Å². The summed E-state index contributed by atoms with van der Waals surface area (Å²) < 4.78 is 53.3. The molecule has 9 heteroatoms. The zero-order valence-electron chi connectivity index (χ0n) is 19.1. The van der Waals surface area contributed by atoms with Crippen LogP contribution in [0.1, 0.15) is 40.0 Å². The Hall–Kier alpha value is -2.78. The summed E-state index contributed by atoms with van der Waals surface area (Å²) in [5.74, 6) is -3.46. The fourth-order valence-electron chi connectivity index (χ4n) is 4.23. The Labute approximate surface area is 191 Å². The lowest BCUT2D eigenvalue weighted by Crippen LogP contribution is -2.57. The van der Waals surface area contributed by atoms with Gasteiger partial charge in [-0.2, -0.15) is 8.78 Å². The molecule has 0 saturated carbocycles. The van der Waals surface area contributed by atoms with Crippen LogP contribution in [0, 0.1) is 5.82 Å². The quantitative estimate of drug-likeness (QED) is 0.708. The number of carbonyl (C=O) groups excluding carboxylic acids is 1. The van der Waals surface area contributed by atoms with Crippen LogP contribution in [-0.4, -0.2) is 57.8 Å². The number of benzene rings is 2.